The molecular formula is C26H36N4O5. The monoisotopic (exact) mass is 484 g/mol. The number of H-pyrrole nitrogens is 1. The van der Waals surface area contributed by atoms with E-state index < -0.39 is 11.7 Å². The molecule has 2 aromatic rings. The first-order valence-corrected chi connectivity index (χ1v) is 12.1. The Labute approximate surface area is 206 Å². The average molecular weight is 485 g/mol. The van der Waals surface area contributed by atoms with E-state index in [1.807, 2.05) is 51.1 Å². The van der Waals surface area contributed by atoms with Crippen LogP contribution in [0.5, 0.6) is 0 Å². The molecule has 1 saturated carbocycles. The standard InChI is InChI=1S/C26H36N4O5/c1-25(2,3)35-24(33)30-11-10-21-20(14-30)22(28-27-21)23(32)29(4)16-26(17-31)12-19(13-26)34-15-18-8-6-5-7-9-18/h5-9,19,31H,10-17H2,1-4H3,(H,27,28). The topological polar surface area (TPSA) is 108 Å². The normalized spacial score (nSPS) is 21.7. The van der Waals surface area contributed by atoms with E-state index in [1.165, 1.54) is 0 Å². The van der Waals surface area contributed by atoms with Crippen molar-refractivity contribution in [3.63, 3.8) is 0 Å². The highest BCUT2D eigenvalue weighted by atomic mass is 16.6. The molecule has 2 N–H and O–H groups in total. The number of hydrogen-bond acceptors (Lipinski definition) is 6. The number of rotatable bonds is 7. The number of aliphatic hydroxyl groups excluding tert-OH is 1. The first-order chi connectivity index (χ1) is 16.6. The van der Waals surface area contributed by atoms with Crippen LogP contribution in [0.1, 0.15) is 60.9 Å². The van der Waals surface area contributed by atoms with Gasteiger partial charge >= 0.3 is 6.09 Å². The highest BCUT2D eigenvalue weighted by molar-refractivity contribution is 5.94. The van der Waals surface area contributed by atoms with Gasteiger partial charge in [-0.3, -0.25) is 9.89 Å². The number of amides is 2. The van der Waals surface area contributed by atoms with Crippen molar-refractivity contribution in [3.8, 4) is 0 Å². The van der Waals surface area contributed by atoms with Gasteiger partial charge in [0.2, 0.25) is 0 Å². The lowest BCUT2D eigenvalue weighted by atomic mass is 9.67. The summed E-state index contributed by atoms with van der Waals surface area (Å²) in [7, 11) is 1.73. The first kappa shape index (κ1) is 25.2. The number of carbonyl (C=O) groups is 2. The molecular weight excluding hydrogens is 448 g/mol. The number of hydrogen-bond donors (Lipinski definition) is 2. The summed E-state index contributed by atoms with van der Waals surface area (Å²) in [5.41, 5.74) is 2.07. The molecule has 9 heteroatoms. The lowest BCUT2D eigenvalue weighted by molar-refractivity contribution is -0.114. The van der Waals surface area contributed by atoms with Crippen molar-refractivity contribution in [1.82, 2.24) is 20.0 Å². The summed E-state index contributed by atoms with van der Waals surface area (Å²) in [5, 5.41) is 17.4. The van der Waals surface area contributed by atoms with Gasteiger partial charge in [0.15, 0.2) is 5.69 Å². The lowest BCUT2D eigenvalue weighted by Crippen LogP contribution is -2.52. The van der Waals surface area contributed by atoms with E-state index in [1.54, 1.807) is 16.8 Å². The Morgan fingerprint density at radius 3 is 2.63 bits per heavy atom. The van der Waals surface area contributed by atoms with Crippen LogP contribution in [0.3, 0.4) is 0 Å². The number of nitrogens with one attached hydrogen (secondary N) is 1. The number of carbonyl (C=O) groups excluding carboxylic acids is 2. The second kappa shape index (κ2) is 9.99. The third-order valence-corrected chi connectivity index (χ3v) is 6.69. The Kier molecular flexibility index (Phi) is 7.19. The van der Waals surface area contributed by atoms with Gasteiger partial charge in [-0.2, -0.15) is 5.10 Å². The molecule has 1 aromatic heterocycles. The van der Waals surface area contributed by atoms with Crippen molar-refractivity contribution in [2.45, 2.75) is 64.9 Å². The molecule has 2 amide bonds. The van der Waals surface area contributed by atoms with E-state index >= 15 is 0 Å². The maximum Gasteiger partial charge on any atom is 0.410 e. The van der Waals surface area contributed by atoms with Crippen LogP contribution in [0, 0.1) is 5.41 Å². The van der Waals surface area contributed by atoms with Gasteiger partial charge in [0.05, 0.1) is 25.9 Å². The molecule has 1 aromatic carbocycles. The molecule has 9 nitrogen and oxygen atoms in total. The van der Waals surface area contributed by atoms with E-state index in [0.29, 0.717) is 44.7 Å². The Balaban J connectivity index is 1.35. The summed E-state index contributed by atoms with van der Waals surface area (Å²) in [5.74, 6) is -0.227. The number of fused-ring (bicyclic) bond motifs is 1. The van der Waals surface area contributed by atoms with E-state index in [4.69, 9.17) is 9.47 Å². The van der Waals surface area contributed by atoms with Crippen molar-refractivity contribution in [2.75, 3.05) is 26.7 Å². The molecule has 0 saturated heterocycles. The zero-order valence-electron chi connectivity index (χ0n) is 21.0. The zero-order chi connectivity index (χ0) is 25.2. The molecule has 0 spiro atoms. The Hall–Kier alpha value is -2.91. The van der Waals surface area contributed by atoms with Gasteiger partial charge < -0.3 is 24.4 Å². The van der Waals surface area contributed by atoms with Gasteiger partial charge in [-0.1, -0.05) is 30.3 Å². The summed E-state index contributed by atoms with van der Waals surface area (Å²) < 4.78 is 11.5. The quantitative estimate of drug-likeness (QED) is 0.625. The van der Waals surface area contributed by atoms with Gasteiger partial charge in [-0.15, -0.1) is 0 Å². The van der Waals surface area contributed by atoms with Crippen LogP contribution in [0.4, 0.5) is 4.79 Å². The number of aromatic nitrogens is 2. The summed E-state index contributed by atoms with van der Waals surface area (Å²) >= 11 is 0. The summed E-state index contributed by atoms with van der Waals surface area (Å²) in [6.07, 6.45) is 1.63. The number of aliphatic hydroxyl groups is 1. The summed E-state index contributed by atoms with van der Waals surface area (Å²) in [4.78, 5) is 29.1. The molecule has 2 aliphatic rings. The van der Waals surface area contributed by atoms with Crippen LogP contribution in [-0.2, 0) is 29.0 Å². The molecule has 190 valence electrons. The predicted molar refractivity (Wildman–Crippen MR) is 130 cm³/mol. The van der Waals surface area contributed by atoms with Crippen LogP contribution in [-0.4, -0.2) is 75.6 Å². The van der Waals surface area contributed by atoms with Gasteiger partial charge in [0, 0.05) is 43.2 Å². The molecule has 0 atom stereocenters. The second-order valence-corrected chi connectivity index (χ2v) is 10.8. The van der Waals surface area contributed by atoms with Crippen molar-refractivity contribution in [1.29, 1.82) is 0 Å². The van der Waals surface area contributed by atoms with Crippen LogP contribution in [0.15, 0.2) is 30.3 Å². The first-order valence-electron chi connectivity index (χ1n) is 12.1. The molecule has 2 heterocycles. The molecule has 1 aliphatic carbocycles. The predicted octanol–water partition coefficient (Wildman–Crippen LogP) is 3.13. The van der Waals surface area contributed by atoms with Crippen molar-refractivity contribution < 1.29 is 24.2 Å². The van der Waals surface area contributed by atoms with Gasteiger partial charge in [-0.25, -0.2) is 4.79 Å². The SMILES string of the molecule is CN(CC1(CO)CC(OCc2ccccc2)C1)C(=O)c1n[nH]c2c1CN(C(=O)OC(C)(C)C)CC2. The fourth-order valence-corrected chi connectivity index (χ4v) is 4.83. The van der Waals surface area contributed by atoms with Crippen LogP contribution in [0.25, 0.3) is 0 Å². The minimum Gasteiger partial charge on any atom is -0.444 e. The molecule has 1 fully saturated rings. The average Bonchev–Trinajstić information content (AvgIpc) is 3.22. The minimum absolute atomic E-state index is 0.0130. The largest absolute Gasteiger partial charge is 0.444 e. The fourth-order valence-electron chi connectivity index (χ4n) is 4.83. The van der Waals surface area contributed by atoms with Crippen LogP contribution < -0.4 is 0 Å². The maximum absolute atomic E-state index is 13.3. The molecule has 1 aliphatic heterocycles. The second-order valence-electron chi connectivity index (χ2n) is 10.8. The summed E-state index contributed by atoms with van der Waals surface area (Å²) in [6, 6.07) is 10.00. The highest BCUT2D eigenvalue weighted by Crippen LogP contribution is 2.43. The fraction of sp³-hybridized carbons (Fsp3) is 0.577. The molecule has 35 heavy (non-hydrogen) atoms. The van der Waals surface area contributed by atoms with E-state index in [9.17, 15) is 14.7 Å². The zero-order valence-corrected chi connectivity index (χ0v) is 21.0. The third-order valence-electron chi connectivity index (χ3n) is 6.69. The molecule has 0 bridgehead atoms. The summed E-state index contributed by atoms with van der Waals surface area (Å²) in [6.45, 7) is 7.20. The minimum atomic E-state index is -0.587. The van der Waals surface area contributed by atoms with E-state index in [2.05, 4.69) is 10.2 Å². The number of benzene rings is 1. The molecule has 0 unspecified atom stereocenters. The Morgan fingerprint density at radius 2 is 1.97 bits per heavy atom. The third kappa shape index (κ3) is 5.85. The number of aromatic amines is 1. The Bertz CT molecular complexity index is 1040. The molecule has 0 radical (unpaired) electrons. The van der Waals surface area contributed by atoms with E-state index in [-0.39, 0.29) is 30.6 Å². The Morgan fingerprint density at radius 1 is 1.26 bits per heavy atom. The number of nitrogens with zero attached hydrogens (tertiary/aromatic N) is 3. The van der Waals surface area contributed by atoms with Crippen molar-refractivity contribution in [2.24, 2.45) is 5.41 Å². The van der Waals surface area contributed by atoms with Crippen molar-refractivity contribution in [3.05, 3.63) is 52.8 Å². The number of ether oxygens (including phenoxy) is 2. The lowest BCUT2D eigenvalue weighted by Gasteiger charge is -2.48. The molecule has 4 rings (SSSR count). The van der Waals surface area contributed by atoms with Crippen LogP contribution >= 0.6 is 0 Å². The van der Waals surface area contributed by atoms with Gasteiger partial charge in [-0.05, 0) is 39.2 Å². The van der Waals surface area contributed by atoms with Crippen LogP contribution in [0.2, 0.25) is 0 Å². The van der Waals surface area contributed by atoms with Gasteiger partial charge in [0.1, 0.15) is 5.60 Å². The maximum atomic E-state index is 13.3. The highest BCUT2D eigenvalue weighted by Gasteiger charge is 2.46. The van der Waals surface area contributed by atoms with Crippen molar-refractivity contribution >= 4 is 12.0 Å². The van der Waals surface area contributed by atoms with E-state index in [0.717, 1.165) is 16.8 Å². The van der Waals surface area contributed by atoms with Gasteiger partial charge in [0.25, 0.3) is 5.91 Å². The smallest absolute Gasteiger partial charge is 0.410 e.